The monoisotopic (exact) mass is 336 g/mol. The largest absolute Gasteiger partial charge is 0.103 e. The fraction of sp³-hybridized carbons (Fsp3) is 0.680. The average molecular weight is 337 g/mol. The number of allylic oxidation sites excluding steroid dienone is 1. The van der Waals surface area contributed by atoms with Crippen LogP contribution in [0, 0.1) is 29.6 Å². The zero-order chi connectivity index (χ0) is 17.2. The summed E-state index contributed by atoms with van der Waals surface area (Å²) in [6.07, 6.45) is 17.7. The van der Waals surface area contributed by atoms with E-state index in [1.54, 1.807) is 16.7 Å². The van der Waals surface area contributed by atoms with Gasteiger partial charge in [-0.15, -0.1) is 6.58 Å². The number of benzene rings is 1. The molecule has 0 aliphatic heterocycles. The van der Waals surface area contributed by atoms with E-state index in [2.05, 4.69) is 37.8 Å². The van der Waals surface area contributed by atoms with Crippen LogP contribution in [0.5, 0.6) is 0 Å². The van der Waals surface area contributed by atoms with Crippen LogP contribution in [-0.2, 0) is 19.3 Å². The van der Waals surface area contributed by atoms with E-state index in [9.17, 15) is 0 Å². The maximum absolute atomic E-state index is 4.05. The molecule has 2 saturated carbocycles. The molecule has 0 radical (unpaired) electrons. The van der Waals surface area contributed by atoms with Crippen LogP contribution in [0.4, 0.5) is 0 Å². The Morgan fingerprint density at radius 2 is 1.68 bits per heavy atom. The highest BCUT2D eigenvalue weighted by Gasteiger charge is 2.38. The van der Waals surface area contributed by atoms with Gasteiger partial charge < -0.3 is 0 Å². The van der Waals surface area contributed by atoms with E-state index in [1.165, 1.54) is 70.6 Å². The molecule has 3 aliphatic carbocycles. The van der Waals surface area contributed by atoms with Gasteiger partial charge >= 0.3 is 0 Å². The molecular formula is C25H36. The van der Waals surface area contributed by atoms with Crippen molar-refractivity contribution in [1.82, 2.24) is 0 Å². The lowest BCUT2D eigenvalue weighted by Gasteiger charge is -2.44. The Kier molecular flexibility index (Phi) is 5.34. The first-order chi connectivity index (χ1) is 12.3. The predicted octanol–water partition coefficient (Wildman–Crippen LogP) is 6.76. The number of rotatable bonds is 4. The Morgan fingerprint density at radius 3 is 2.48 bits per heavy atom. The maximum atomic E-state index is 4.05. The van der Waals surface area contributed by atoms with Gasteiger partial charge in [-0.1, -0.05) is 37.6 Å². The van der Waals surface area contributed by atoms with Crippen molar-refractivity contribution in [1.29, 1.82) is 0 Å². The van der Waals surface area contributed by atoms with E-state index in [0.717, 1.165) is 29.6 Å². The van der Waals surface area contributed by atoms with Crippen LogP contribution < -0.4 is 0 Å². The van der Waals surface area contributed by atoms with Crippen LogP contribution in [-0.4, -0.2) is 0 Å². The molecule has 0 spiro atoms. The van der Waals surface area contributed by atoms with E-state index in [1.807, 2.05) is 0 Å². The number of fused-ring (bicyclic) bond motifs is 2. The molecule has 0 bridgehead atoms. The highest BCUT2D eigenvalue weighted by Crippen LogP contribution is 2.48. The lowest BCUT2D eigenvalue weighted by molar-refractivity contribution is 0.0811. The molecule has 1 aromatic carbocycles. The molecule has 0 N–H and O–H groups in total. The van der Waals surface area contributed by atoms with Gasteiger partial charge in [0.05, 0.1) is 0 Å². The fourth-order valence-corrected chi connectivity index (χ4v) is 6.29. The van der Waals surface area contributed by atoms with Gasteiger partial charge in [0.15, 0.2) is 0 Å². The smallest absolute Gasteiger partial charge is 0.0233 e. The molecule has 4 rings (SSSR count). The third-order valence-corrected chi connectivity index (χ3v) is 7.77. The first kappa shape index (κ1) is 17.4. The van der Waals surface area contributed by atoms with Crippen LogP contribution in [0.2, 0.25) is 0 Å². The lowest BCUT2D eigenvalue weighted by Crippen LogP contribution is -2.34. The maximum Gasteiger partial charge on any atom is -0.0233 e. The predicted molar refractivity (Wildman–Crippen MR) is 108 cm³/mol. The van der Waals surface area contributed by atoms with E-state index in [4.69, 9.17) is 0 Å². The molecule has 0 heteroatoms. The van der Waals surface area contributed by atoms with E-state index < -0.39 is 0 Å². The van der Waals surface area contributed by atoms with Crippen LogP contribution in [0.15, 0.2) is 30.9 Å². The first-order valence-electron chi connectivity index (χ1n) is 11.0. The summed E-state index contributed by atoms with van der Waals surface area (Å²) in [6, 6.07) is 7.38. The van der Waals surface area contributed by atoms with Gasteiger partial charge in [-0.3, -0.25) is 0 Å². The molecule has 0 nitrogen and oxygen atoms in total. The van der Waals surface area contributed by atoms with E-state index >= 15 is 0 Å². The third-order valence-electron chi connectivity index (χ3n) is 7.77. The van der Waals surface area contributed by atoms with Crippen LogP contribution in [0.25, 0.3) is 0 Å². The van der Waals surface area contributed by atoms with Gasteiger partial charge in [0.2, 0.25) is 0 Å². The molecule has 3 unspecified atom stereocenters. The van der Waals surface area contributed by atoms with Crippen molar-refractivity contribution in [3.63, 3.8) is 0 Å². The van der Waals surface area contributed by atoms with Gasteiger partial charge in [-0.05, 0) is 110 Å². The van der Waals surface area contributed by atoms with Crippen molar-refractivity contribution in [2.24, 2.45) is 29.6 Å². The van der Waals surface area contributed by atoms with Crippen molar-refractivity contribution in [3.8, 4) is 0 Å². The fourth-order valence-electron chi connectivity index (χ4n) is 6.29. The third kappa shape index (κ3) is 3.74. The Bertz CT molecular complexity index is 598. The molecule has 136 valence electrons. The van der Waals surface area contributed by atoms with E-state index in [-0.39, 0.29) is 0 Å². The zero-order valence-electron chi connectivity index (χ0n) is 16.2. The second-order valence-corrected chi connectivity index (χ2v) is 9.26. The molecule has 0 saturated heterocycles. The van der Waals surface area contributed by atoms with Crippen molar-refractivity contribution >= 4 is 0 Å². The minimum Gasteiger partial charge on any atom is -0.103 e. The van der Waals surface area contributed by atoms with Crippen LogP contribution in [0.1, 0.15) is 75.0 Å². The van der Waals surface area contributed by atoms with E-state index in [0.29, 0.717) is 0 Å². The molecule has 2 fully saturated rings. The number of hydrogen-bond donors (Lipinski definition) is 0. The Hall–Kier alpha value is -1.04. The molecule has 0 amide bonds. The Labute approximate surface area is 155 Å². The molecule has 25 heavy (non-hydrogen) atoms. The van der Waals surface area contributed by atoms with Crippen molar-refractivity contribution in [2.75, 3.05) is 0 Å². The lowest BCUT2D eigenvalue weighted by atomic mass is 9.61. The van der Waals surface area contributed by atoms with Gasteiger partial charge in [0.1, 0.15) is 0 Å². The summed E-state index contributed by atoms with van der Waals surface area (Å²) in [5.41, 5.74) is 4.90. The topological polar surface area (TPSA) is 0 Å². The molecule has 5 atom stereocenters. The quantitative estimate of drug-likeness (QED) is 0.533. The number of hydrogen-bond acceptors (Lipinski definition) is 0. The summed E-state index contributed by atoms with van der Waals surface area (Å²) < 4.78 is 0. The molecule has 3 aliphatic rings. The summed E-state index contributed by atoms with van der Waals surface area (Å²) in [4.78, 5) is 0. The molecule has 0 aromatic heterocycles. The SMILES string of the molecule is C=C[C@@H]1CC[C@@H]2CC(C3CCc4cc(CCC)ccc4C3)CCC2C1. The standard InChI is InChI=1S/C25H36/c1-3-5-19-7-9-23-17-25(13-11-21(23)15-19)24-12-10-20-14-18(4-2)6-8-22(20)16-24/h4,7,9,15,18,20,22,24-25H,2-3,5-6,8,10-14,16-17H2,1H3/t18-,20?,22-,24?,25?/m1/s1. The Morgan fingerprint density at radius 1 is 0.920 bits per heavy atom. The van der Waals surface area contributed by atoms with Gasteiger partial charge in [0, 0.05) is 0 Å². The van der Waals surface area contributed by atoms with Gasteiger partial charge in [-0.2, -0.15) is 0 Å². The normalized spacial score (nSPS) is 34.8. The van der Waals surface area contributed by atoms with Crippen LogP contribution >= 0.6 is 0 Å². The molecular weight excluding hydrogens is 300 g/mol. The van der Waals surface area contributed by atoms with Crippen molar-refractivity contribution < 1.29 is 0 Å². The molecule has 1 aromatic rings. The van der Waals surface area contributed by atoms with Crippen LogP contribution in [0.3, 0.4) is 0 Å². The highest BCUT2D eigenvalue weighted by molar-refractivity contribution is 5.34. The van der Waals surface area contributed by atoms with Gasteiger partial charge in [0.25, 0.3) is 0 Å². The van der Waals surface area contributed by atoms with Gasteiger partial charge in [-0.25, -0.2) is 0 Å². The summed E-state index contributed by atoms with van der Waals surface area (Å²) in [7, 11) is 0. The zero-order valence-corrected chi connectivity index (χ0v) is 16.2. The minimum absolute atomic E-state index is 0.816. The van der Waals surface area contributed by atoms with Crippen molar-refractivity contribution in [3.05, 3.63) is 47.5 Å². The Balaban J connectivity index is 1.38. The minimum atomic E-state index is 0.816. The second-order valence-electron chi connectivity index (χ2n) is 9.26. The first-order valence-corrected chi connectivity index (χ1v) is 11.0. The second kappa shape index (κ2) is 7.68. The summed E-state index contributed by atoms with van der Waals surface area (Å²) in [5, 5.41) is 0. The average Bonchev–Trinajstić information content (AvgIpc) is 2.67. The van der Waals surface area contributed by atoms with Crippen molar-refractivity contribution in [2.45, 2.75) is 77.6 Å². The molecule has 0 heterocycles. The summed E-state index contributed by atoms with van der Waals surface area (Å²) in [5.74, 6) is 4.83. The summed E-state index contributed by atoms with van der Waals surface area (Å²) in [6.45, 7) is 6.34. The summed E-state index contributed by atoms with van der Waals surface area (Å²) >= 11 is 0. The number of aryl methyl sites for hydroxylation is 2. The highest BCUT2D eigenvalue weighted by atomic mass is 14.4.